The van der Waals surface area contributed by atoms with Crippen LogP contribution in [0.25, 0.3) is 0 Å². The van der Waals surface area contributed by atoms with Crippen LogP contribution < -0.4 is 20.1 Å². The van der Waals surface area contributed by atoms with Gasteiger partial charge in [-0.25, -0.2) is 4.79 Å². The zero-order valence-electron chi connectivity index (χ0n) is 15.5. The molecule has 0 bridgehead atoms. The number of anilines is 1. The van der Waals surface area contributed by atoms with Gasteiger partial charge < -0.3 is 20.1 Å². The van der Waals surface area contributed by atoms with Gasteiger partial charge in [0.15, 0.2) is 0 Å². The van der Waals surface area contributed by atoms with Crippen molar-refractivity contribution in [2.24, 2.45) is 0 Å². The van der Waals surface area contributed by atoms with E-state index >= 15 is 0 Å². The van der Waals surface area contributed by atoms with E-state index in [1.807, 2.05) is 47.8 Å². The lowest BCUT2D eigenvalue weighted by atomic mass is 10.2. The molecule has 0 saturated carbocycles. The maximum absolute atomic E-state index is 12.3. The van der Waals surface area contributed by atoms with E-state index in [1.165, 1.54) is 23.5 Å². The lowest BCUT2D eigenvalue weighted by Gasteiger charge is -2.21. The first-order chi connectivity index (χ1) is 13.2. The van der Waals surface area contributed by atoms with Crippen LogP contribution in [-0.4, -0.2) is 31.8 Å². The van der Waals surface area contributed by atoms with Crippen LogP contribution in [0.4, 0.5) is 10.5 Å². The predicted molar refractivity (Wildman–Crippen MR) is 114 cm³/mol. The van der Waals surface area contributed by atoms with Crippen LogP contribution in [0.2, 0.25) is 0 Å². The molecule has 144 valence electrons. The summed E-state index contributed by atoms with van der Waals surface area (Å²) in [4.78, 5) is 12.3. The topological polar surface area (TPSA) is 59.6 Å². The van der Waals surface area contributed by atoms with E-state index in [4.69, 9.17) is 9.47 Å². The van der Waals surface area contributed by atoms with Crippen LogP contribution in [0.1, 0.15) is 22.1 Å². The van der Waals surface area contributed by atoms with Crippen LogP contribution in [0, 0.1) is 0 Å². The number of nitrogens with one attached hydrogen (secondary N) is 2. The Morgan fingerprint density at radius 2 is 1.78 bits per heavy atom. The van der Waals surface area contributed by atoms with Gasteiger partial charge in [-0.2, -0.15) is 0 Å². The zero-order chi connectivity index (χ0) is 19.1. The molecular weight excluding hydrogens is 380 g/mol. The lowest BCUT2D eigenvalue weighted by Crippen LogP contribution is -2.28. The van der Waals surface area contributed by atoms with Gasteiger partial charge in [0.05, 0.1) is 18.8 Å². The minimum Gasteiger partial charge on any atom is -0.497 e. The molecule has 2 aromatic carbocycles. The van der Waals surface area contributed by atoms with E-state index in [-0.39, 0.29) is 6.03 Å². The quantitative estimate of drug-likeness (QED) is 0.717. The molecule has 1 aliphatic heterocycles. The van der Waals surface area contributed by atoms with E-state index in [1.54, 1.807) is 20.3 Å². The Kier molecular flexibility index (Phi) is 7.18. The van der Waals surface area contributed by atoms with Crippen molar-refractivity contribution in [1.82, 2.24) is 5.32 Å². The van der Waals surface area contributed by atoms with E-state index < -0.39 is 0 Å². The number of amides is 2. The normalized spacial score (nSPS) is 14.4. The summed E-state index contributed by atoms with van der Waals surface area (Å²) in [6.45, 7) is 0.382. The molecule has 1 fully saturated rings. The molecule has 0 aliphatic carbocycles. The summed E-state index contributed by atoms with van der Waals surface area (Å²) in [7, 11) is 3.21. The summed E-state index contributed by atoms with van der Waals surface area (Å²) in [5, 5.41) is 5.80. The molecule has 5 nitrogen and oxygen atoms in total. The van der Waals surface area contributed by atoms with Gasteiger partial charge in [-0.05, 0) is 53.3 Å². The minimum atomic E-state index is -0.238. The van der Waals surface area contributed by atoms with Crippen molar-refractivity contribution in [1.29, 1.82) is 0 Å². The van der Waals surface area contributed by atoms with Crippen LogP contribution in [0.15, 0.2) is 42.5 Å². The SMILES string of the molecule is COc1cc(CNC(=O)Nc2cccc(C3SCCCS3)c2)cc(OC)c1. The molecule has 0 unspecified atom stereocenters. The van der Waals surface area contributed by atoms with E-state index in [0.717, 1.165) is 11.3 Å². The molecule has 7 heteroatoms. The molecule has 2 aromatic rings. The third-order valence-electron chi connectivity index (χ3n) is 4.11. The molecule has 1 aliphatic rings. The van der Waals surface area contributed by atoms with Crippen molar-refractivity contribution in [3.05, 3.63) is 53.6 Å². The summed E-state index contributed by atoms with van der Waals surface area (Å²) < 4.78 is 11.0. The summed E-state index contributed by atoms with van der Waals surface area (Å²) in [6.07, 6.45) is 1.27. The highest BCUT2D eigenvalue weighted by molar-refractivity contribution is 8.16. The van der Waals surface area contributed by atoms with Gasteiger partial charge in [0, 0.05) is 18.3 Å². The number of rotatable bonds is 6. The monoisotopic (exact) mass is 404 g/mol. The number of hydrogen-bond acceptors (Lipinski definition) is 5. The summed E-state index contributed by atoms with van der Waals surface area (Å²) in [6, 6.07) is 13.4. The highest BCUT2D eigenvalue weighted by Gasteiger charge is 2.17. The average molecular weight is 405 g/mol. The van der Waals surface area contributed by atoms with Crippen molar-refractivity contribution in [2.45, 2.75) is 17.5 Å². The van der Waals surface area contributed by atoms with Crippen LogP contribution in [-0.2, 0) is 6.54 Å². The molecule has 27 heavy (non-hydrogen) atoms. The molecule has 0 radical (unpaired) electrons. The fourth-order valence-electron chi connectivity index (χ4n) is 2.77. The molecule has 0 aromatic heterocycles. The Morgan fingerprint density at radius 3 is 2.44 bits per heavy atom. The van der Waals surface area contributed by atoms with Crippen LogP contribution in [0.5, 0.6) is 11.5 Å². The van der Waals surface area contributed by atoms with Gasteiger partial charge in [0.2, 0.25) is 0 Å². The number of ether oxygens (including phenoxy) is 2. The molecule has 3 rings (SSSR count). The third-order valence-corrected chi connectivity index (χ3v) is 7.12. The molecule has 0 atom stereocenters. The highest BCUT2D eigenvalue weighted by atomic mass is 32.2. The molecule has 1 saturated heterocycles. The molecule has 0 spiro atoms. The Hall–Kier alpha value is -1.99. The first-order valence-corrected chi connectivity index (χ1v) is 10.9. The van der Waals surface area contributed by atoms with E-state index in [2.05, 4.69) is 22.8 Å². The number of hydrogen-bond donors (Lipinski definition) is 2. The molecular formula is C20H24N2O3S2. The van der Waals surface area contributed by atoms with Crippen molar-refractivity contribution >= 4 is 35.2 Å². The van der Waals surface area contributed by atoms with Crippen LogP contribution >= 0.6 is 23.5 Å². The van der Waals surface area contributed by atoms with Crippen LogP contribution in [0.3, 0.4) is 0 Å². The third kappa shape index (κ3) is 5.74. The van der Waals surface area contributed by atoms with E-state index in [9.17, 15) is 4.79 Å². The second kappa shape index (κ2) is 9.80. The number of methoxy groups -OCH3 is 2. The number of carbonyl (C=O) groups is 1. The van der Waals surface area contributed by atoms with Gasteiger partial charge in [0.1, 0.15) is 11.5 Å². The highest BCUT2D eigenvalue weighted by Crippen LogP contribution is 2.44. The number of carbonyl (C=O) groups excluding carboxylic acids is 1. The Balaban J connectivity index is 1.58. The fourth-order valence-corrected chi connectivity index (χ4v) is 5.64. The maximum Gasteiger partial charge on any atom is 0.319 e. The van der Waals surface area contributed by atoms with Crippen molar-refractivity contribution in [3.63, 3.8) is 0 Å². The lowest BCUT2D eigenvalue weighted by molar-refractivity contribution is 0.251. The Bertz CT molecular complexity index is 757. The maximum atomic E-state index is 12.3. The first-order valence-electron chi connectivity index (χ1n) is 8.78. The van der Waals surface area contributed by atoms with Gasteiger partial charge in [0.25, 0.3) is 0 Å². The van der Waals surface area contributed by atoms with Crippen molar-refractivity contribution < 1.29 is 14.3 Å². The van der Waals surface area contributed by atoms with Crippen molar-refractivity contribution in [2.75, 3.05) is 31.0 Å². The predicted octanol–water partition coefficient (Wildman–Crippen LogP) is 4.89. The largest absolute Gasteiger partial charge is 0.497 e. The fraction of sp³-hybridized carbons (Fsp3) is 0.350. The van der Waals surface area contributed by atoms with Gasteiger partial charge in [-0.1, -0.05) is 12.1 Å². The van der Waals surface area contributed by atoms with E-state index in [0.29, 0.717) is 22.6 Å². The summed E-state index contributed by atoms with van der Waals surface area (Å²) in [5.74, 6) is 3.78. The second-order valence-corrected chi connectivity index (χ2v) is 8.81. The summed E-state index contributed by atoms with van der Waals surface area (Å²) >= 11 is 3.94. The molecule has 2 amide bonds. The van der Waals surface area contributed by atoms with Gasteiger partial charge in [-0.3, -0.25) is 0 Å². The molecule has 2 N–H and O–H groups in total. The number of thioether (sulfide) groups is 2. The first kappa shape index (κ1) is 19.8. The van der Waals surface area contributed by atoms with Gasteiger partial charge in [-0.15, -0.1) is 23.5 Å². The smallest absolute Gasteiger partial charge is 0.319 e. The zero-order valence-corrected chi connectivity index (χ0v) is 17.1. The van der Waals surface area contributed by atoms with Gasteiger partial charge >= 0.3 is 6.03 Å². The number of benzene rings is 2. The standard InChI is InChI=1S/C20H24N2O3S2/c1-24-17-9-14(10-18(12-17)25-2)13-21-20(23)22-16-6-3-5-15(11-16)19-26-7-4-8-27-19/h3,5-6,9-12,19H,4,7-8,13H2,1-2H3,(H2,21,22,23). The summed E-state index contributed by atoms with van der Waals surface area (Å²) in [5.41, 5.74) is 2.96. The average Bonchev–Trinajstić information content (AvgIpc) is 2.72. The molecule has 1 heterocycles. The Morgan fingerprint density at radius 1 is 1.07 bits per heavy atom. The second-order valence-electron chi connectivity index (χ2n) is 6.08. The number of urea groups is 1. The minimum absolute atomic E-state index is 0.238. The van der Waals surface area contributed by atoms with Crippen molar-refractivity contribution in [3.8, 4) is 11.5 Å². The Labute approximate surface area is 168 Å².